The summed E-state index contributed by atoms with van der Waals surface area (Å²) in [6.07, 6.45) is 21.3. The lowest BCUT2D eigenvalue weighted by atomic mass is 10.0. The van der Waals surface area contributed by atoms with E-state index in [1.54, 1.807) is 12.1 Å². The number of primary amides is 1. The molecule has 8 N–H and O–H groups in total. The Morgan fingerprint density at radius 3 is 1.63 bits per heavy atom. The standard InChI is InChI=1S/C39H69N5O5/c1-4-5-6-7-8-9-10-11-12-13-14-15-16-17-18-22-36(46)42-33(21-19-20-27-40)38(48)44-35(29-31-23-25-32(45)26-24-31)39(49)43-34(37(41)47)28-30(2)3/h23-26,30,33-35,45H,4-22,27-29,40H2,1-3H3,(H2,41,47)(H,42,46)(H,43,49)(H,44,48)/t33-,34-,35-/m0/s1. The van der Waals surface area contributed by atoms with Crippen LogP contribution >= 0.6 is 0 Å². The van der Waals surface area contributed by atoms with Crippen molar-refractivity contribution in [3.05, 3.63) is 29.8 Å². The van der Waals surface area contributed by atoms with Gasteiger partial charge in [0, 0.05) is 12.8 Å². The molecule has 280 valence electrons. The Balaban J connectivity index is 2.62. The van der Waals surface area contributed by atoms with Gasteiger partial charge in [-0.3, -0.25) is 19.2 Å². The highest BCUT2D eigenvalue weighted by molar-refractivity contribution is 5.94. The molecule has 1 aromatic rings. The zero-order valence-corrected chi connectivity index (χ0v) is 30.9. The fourth-order valence-corrected chi connectivity index (χ4v) is 6.02. The molecule has 0 aliphatic carbocycles. The van der Waals surface area contributed by atoms with Crippen LogP contribution in [-0.2, 0) is 25.6 Å². The van der Waals surface area contributed by atoms with Gasteiger partial charge < -0.3 is 32.5 Å². The van der Waals surface area contributed by atoms with Crippen LogP contribution in [0.3, 0.4) is 0 Å². The second-order valence-electron chi connectivity index (χ2n) is 14.1. The van der Waals surface area contributed by atoms with Crippen molar-refractivity contribution in [1.29, 1.82) is 0 Å². The molecule has 4 amide bonds. The van der Waals surface area contributed by atoms with E-state index in [2.05, 4.69) is 22.9 Å². The van der Waals surface area contributed by atoms with Gasteiger partial charge in [-0.2, -0.15) is 0 Å². The summed E-state index contributed by atoms with van der Waals surface area (Å²) in [5.41, 5.74) is 12.0. The van der Waals surface area contributed by atoms with Gasteiger partial charge in [0.1, 0.15) is 23.9 Å². The van der Waals surface area contributed by atoms with Crippen molar-refractivity contribution in [2.45, 2.75) is 174 Å². The fraction of sp³-hybridized carbons (Fsp3) is 0.744. The van der Waals surface area contributed by atoms with Crippen LogP contribution in [0.2, 0.25) is 0 Å². The van der Waals surface area contributed by atoms with Crippen molar-refractivity contribution in [1.82, 2.24) is 16.0 Å². The molecule has 0 aliphatic rings. The number of phenolic OH excluding ortho intramolecular Hbond substituents is 1. The van der Waals surface area contributed by atoms with E-state index in [4.69, 9.17) is 11.5 Å². The Morgan fingerprint density at radius 2 is 1.14 bits per heavy atom. The van der Waals surface area contributed by atoms with Crippen molar-refractivity contribution in [3.63, 3.8) is 0 Å². The molecular weight excluding hydrogens is 618 g/mol. The quantitative estimate of drug-likeness (QED) is 0.0516. The normalized spacial score (nSPS) is 13.1. The smallest absolute Gasteiger partial charge is 0.243 e. The number of nitrogens with two attached hydrogens (primary N) is 2. The second kappa shape index (κ2) is 27.7. The number of phenols is 1. The number of benzene rings is 1. The maximum Gasteiger partial charge on any atom is 0.243 e. The first-order valence-corrected chi connectivity index (χ1v) is 19.2. The molecule has 0 radical (unpaired) electrons. The van der Waals surface area contributed by atoms with E-state index in [0.29, 0.717) is 44.2 Å². The summed E-state index contributed by atoms with van der Waals surface area (Å²) in [5, 5.41) is 18.1. The number of carbonyl (C=O) groups is 4. The summed E-state index contributed by atoms with van der Waals surface area (Å²) >= 11 is 0. The van der Waals surface area contributed by atoms with Gasteiger partial charge in [0.25, 0.3) is 0 Å². The summed E-state index contributed by atoms with van der Waals surface area (Å²) in [6.45, 7) is 6.57. The predicted octanol–water partition coefficient (Wildman–Crippen LogP) is 6.31. The number of hydrogen-bond donors (Lipinski definition) is 6. The largest absolute Gasteiger partial charge is 0.508 e. The molecule has 0 spiro atoms. The van der Waals surface area contributed by atoms with Crippen LogP contribution in [0, 0.1) is 5.92 Å². The topological polar surface area (TPSA) is 177 Å². The predicted molar refractivity (Wildman–Crippen MR) is 199 cm³/mol. The maximum atomic E-state index is 13.6. The van der Waals surface area contributed by atoms with E-state index >= 15 is 0 Å². The molecular formula is C39H69N5O5. The molecule has 0 fully saturated rings. The molecule has 3 atom stereocenters. The highest BCUT2D eigenvalue weighted by Gasteiger charge is 2.29. The SMILES string of the molecule is CCCCCCCCCCCCCCCCCC(=O)N[C@@H](CCCCN)C(=O)N[C@@H](Cc1ccc(O)cc1)C(=O)N[C@@H](CC(C)C)C(N)=O. The van der Waals surface area contributed by atoms with E-state index < -0.39 is 35.8 Å². The minimum atomic E-state index is -1.03. The summed E-state index contributed by atoms with van der Waals surface area (Å²) in [5.74, 6) is -1.67. The van der Waals surface area contributed by atoms with E-state index in [0.717, 1.165) is 19.3 Å². The molecule has 1 aromatic carbocycles. The third-order valence-electron chi connectivity index (χ3n) is 8.98. The lowest BCUT2D eigenvalue weighted by Crippen LogP contribution is -2.57. The third kappa shape index (κ3) is 22.2. The van der Waals surface area contributed by atoms with Gasteiger partial charge in [0.15, 0.2) is 0 Å². The lowest BCUT2D eigenvalue weighted by Gasteiger charge is -2.25. The van der Waals surface area contributed by atoms with Gasteiger partial charge in [0.2, 0.25) is 23.6 Å². The minimum Gasteiger partial charge on any atom is -0.508 e. The molecule has 0 heterocycles. The van der Waals surface area contributed by atoms with Gasteiger partial charge in [-0.25, -0.2) is 0 Å². The zero-order valence-electron chi connectivity index (χ0n) is 30.9. The molecule has 0 bridgehead atoms. The van der Waals surface area contributed by atoms with Gasteiger partial charge in [-0.15, -0.1) is 0 Å². The molecule has 0 aromatic heterocycles. The Hall–Kier alpha value is -3.14. The number of nitrogens with one attached hydrogen (secondary N) is 3. The van der Waals surface area contributed by atoms with Crippen molar-refractivity contribution in [2.24, 2.45) is 17.4 Å². The zero-order chi connectivity index (χ0) is 36.3. The number of rotatable bonds is 30. The highest BCUT2D eigenvalue weighted by atomic mass is 16.3. The lowest BCUT2D eigenvalue weighted by molar-refractivity contribution is -0.133. The Morgan fingerprint density at radius 1 is 0.653 bits per heavy atom. The van der Waals surface area contributed by atoms with Crippen LogP contribution in [0.4, 0.5) is 0 Å². The van der Waals surface area contributed by atoms with E-state index in [-0.39, 0.29) is 24.0 Å². The van der Waals surface area contributed by atoms with Gasteiger partial charge in [-0.05, 0) is 62.3 Å². The van der Waals surface area contributed by atoms with E-state index in [1.807, 2.05) is 13.8 Å². The first kappa shape index (κ1) is 43.9. The van der Waals surface area contributed by atoms with Crippen LogP contribution < -0.4 is 27.4 Å². The average molecular weight is 688 g/mol. The van der Waals surface area contributed by atoms with Crippen LogP contribution in [0.5, 0.6) is 5.75 Å². The van der Waals surface area contributed by atoms with Crippen molar-refractivity contribution in [3.8, 4) is 5.75 Å². The van der Waals surface area contributed by atoms with Crippen molar-refractivity contribution < 1.29 is 24.3 Å². The van der Waals surface area contributed by atoms with Gasteiger partial charge >= 0.3 is 0 Å². The van der Waals surface area contributed by atoms with Crippen molar-refractivity contribution in [2.75, 3.05) is 6.54 Å². The molecule has 0 unspecified atom stereocenters. The highest BCUT2D eigenvalue weighted by Crippen LogP contribution is 2.15. The average Bonchev–Trinajstić information content (AvgIpc) is 3.06. The molecule has 10 nitrogen and oxygen atoms in total. The Bertz CT molecular complexity index is 1050. The maximum absolute atomic E-state index is 13.6. The number of carbonyl (C=O) groups excluding carboxylic acids is 4. The summed E-state index contributed by atoms with van der Waals surface area (Å²) in [6, 6.07) is 3.60. The molecule has 0 saturated heterocycles. The summed E-state index contributed by atoms with van der Waals surface area (Å²) in [4.78, 5) is 52.0. The minimum absolute atomic E-state index is 0.0799. The number of aromatic hydroxyl groups is 1. The third-order valence-corrected chi connectivity index (χ3v) is 8.98. The van der Waals surface area contributed by atoms with Crippen molar-refractivity contribution >= 4 is 23.6 Å². The Kier molecular flexibility index (Phi) is 24.8. The summed E-state index contributed by atoms with van der Waals surface area (Å²) in [7, 11) is 0. The molecule has 10 heteroatoms. The number of amides is 4. The van der Waals surface area contributed by atoms with Crippen LogP contribution in [0.15, 0.2) is 24.3 Å². The summed E-state index contributed by atoms with van der Waals surface area (Å²) < 4.78 is 0. The number of unbranched alkanes of at least 4 members (excludes halogenated alkanes) is 15. The van der Waals surface area contributed by atoms with Crippen LogP contribution in [0.25, 0.3) is 0 Å². The van der Waals surface area contributed by atoms with Gasteiger partial charge in [0.05, 0.1) is 0 Å². The van der Waals surface area contributed by atoms with Gasteiger partial charge in [-0.1, -0.05) is 123 Å². The van der Waals surface area contributed by atoms with E-state index in [9.17, 15) is 24.3 Å². The molecule has 1 rings (SSSR count). The second-order valence-corrected chi connectivity index (χ2v) is 14.1. The molecule has 0 saturated carbocycles. The van der Waals surface area contributed by atoms with Crippen LogP contribution in [-0.4, -0.2) is 53.4 Å². The monoisotopic (exact) mass is 688 g/mol. The number of hydrogen-bond acceptors (Lipinski definition) is 6. The van der Waals surface area contributed by atoms with Crippen LogP contribution in [0.1, 0.15) is 155 Å². The first-order chi connectivity index (χ1) is 23.6. The Labute approximate surface area is 296 Å². The van der Waals surface area contributed by atoms with E-state index in [1.165, 1.54) is 89.2 Å². The first-order valence-electron chi connectivity index (χ1n) is 19.2. The molecule has 49 heavy (non-hydrogen) atoms. The fourth-order valence-electron chi connectivity index (χ4n) is 6.02. The molecule has 0 aliphatic heterocycles.